The highest BCUT2D eigenvalue weighted by Gasteiger charge is 2.42. The number of nitrogens with one attached hydrogen (secondary N) is 1. The maximum absolute atomic E-state index is 13.9. The van der Waals surface area contributed by atoms with Crippen molar-refractivity contribution < 1.29 is 13.4 Å². The lowest BCUT2D eigenvalue weighted by Crippen LogP contribution is -2.40. The SMILES string of the molecule is CC1=CC(C)=N/C1=C(/c1ccc(C(=O)NN)cc1)C1C(C)C=C(C)N1B(F)F. The van der Waals surface area contributed by atoms with Crippen molar-refractivity contribution in [3.8, 4) is 0 Å². The molecule has 0 saturated carbocycles. The molecule has 2 aliphatic heterocycles. The Labute approximate surface area is 163 Å². The molecule has 0 fully saturated rings. The molecule has 28 heavy (non-hydrogen) atoms. The minimum absolute atomic E-state index is 0.118. The van der Waals surface area contributed by atoms with Crippen molar-refractivity contribution in [2.24, 2.45) is 16.8 Å². The first kappa shape index (κ1) is 20.0. The molecule has 3 rings (SSSR count). The quantitative estimate of drug-likeness (QED) is 0.361. The summed E-state index contributed by atoms with van der Waals surface area (Å²) in [5.74, 6) is 4.66. The van der Waals surface area contributed by atoms with Gasteiger partial charge < -0.3 is 4.81 Å². The average molecular weight is 384 g/mol. The molecular weight excluding hydrogens is 361 g/mol. The number of allylic oxidation sites excluding steroid dienone is 3. The Kier molecular flexibility index (Phi) is 5.51. The van der Waals surface area contributed by atoms with E-state index >= 15 is 0 Å². The fourth-order valence-corrected chi connectivity index (χ4v) is 3.99. The largest absolute Gasteiger partial charge is 0.673 e. The molecule has 2 aliphatic rings. The lowest BCUT2D eigenvalue weighted by molar-refractivity contribution is 0.0953. The van der Waals surface area contributed by atoms with E-state index < -0.39 is 19.4 Å². The van der Waals surface area contributed by atoms with E-state index in [-0.39, 0.29) is 5.92 Å². The summed E-state index contributed by atoms with van der Waals surface area (Å²) >= 11 is 0. The van der Waals surface area contributed by atoms with Gasteiger partial charge in [0.1, 0.15) is 0 Å². The predicted octanol–water partition coefficient (Wildman–Crippen LogP) is 3.57. The second-order valence-corrected chi connectivity index (χ2v) is 7.19. The van der Waals surface area contributed by atoms with Gasteiger partial charge in [0.05, 0.1) is 11.7 Å². The first-order valence-electron chi connectivity index (χ1n) is 9.09. The molecule has 0 radical (unpaired) electrons. The van der Waals surface area contributed by atoms with Gasteiger partial charge in [0.15, 0.2) is 0 Å². The molecule has 1 aromatic carbocycles. The Morgan fingerprint density at radius 1 is 1.18 bits per heavy atom. The van der Waals surface area contributed by atoms with Crippen LogP contribution in [0.1, 0.15) is 43.6 Å². The van der Waals surface area contributed by atoms with Crippen LogP contribution in [0.2, 0.25) is 0 Å². The number of aliphatic imine (C=N–C) groups is 1. The number of nitrogen functional groups attached to an aromatic ring is 1. The number of hydrogen-bond donors (Lipinski definition) is 2. The van der Waals surface area contributed by atoms with Gasteiger partial charge in [0, 0.05) is 16.8 Å². The first-order valence-corrected chi connectivity index (χ1v) is 9.09. The predicted molar refractivity (Wildman–Crippen MR) is 108 cm³/mol. The van der Waals surface area contributed by atoms with Crippen LogP contribution in [0, 0.1) is 5.92 Å². The van der Waals surface area contributed by atoms with Gasteiger partial charge in [0.2, 0.25) is 0 Å². The van der Waals surface area contributed by atoms with Gasteiger partial charge in [-0.15, -0.1) is 0 Å². The minimum atomic E-state index is -2.63. The summed E-state index contributed by atoms with van der Waals surface area (Å²) in [6, 6.07) is 6.23. The van der Waals surface area contributed by atoms with E-state index in [9.17, 15) is 13.4 Å². The van der Waals surface area contributed by atoms with E-state index in [1.807, 2.05) is 32.9 Å². The van der Waals surface area contributed by atoms with Crippen LogP contribution in [-0.2, 0) is 0 Å². The molecule has 0 saturated heterocycles. The van der Waals surface area contributed by atoms with Gasteiger partial charge in [-0.25, -0.2) is 5.84 Å². The monoisotopic (exact) mass is 384 g/mol. The molecule has 3 N–H and O–H groups in total. The summed E-state index contributed by atoms with van der Waals surface area (Å²) in [6.07, 6.45) is 3.80. The second kappa shape index (κ2) is 7.71. The van der Waals surface area contributed by atoms with Gasteiger partial charge in [-0.1, -0.05) is 25.1 Å². The molecule has 2 atom stereocenters. The molecule has 0 bridgehead atoms. The lowest BCUT2D eigenvalue weighted by atomic mass is 9.85. The van der Waals surface area contributed by atoms with Crippen molar-refractivity contribution in [2.75, 3.05) is 0 Å². The molecular formula is C20H23BF2N4O. The van der Waals surface area contributed by atoms with E-state index in [2.05, 4.69) is 10.4 Å². The second-order valence-electron chi connectivity index (χ2n) is 7.19. The zero-order valence-electron chi connectivity index (χ0n) is 16.3. The Morgan fingerprint density at radius 3 is 2.29 bits per heavy atom. The summed E-state index contributed by atoms with van der Waals surface area (Å²) in [5.41, 5.74) is 6.99. The number of rotatable bonds is 4. The number of hydrazine groups is 1. The van der Waals surface area contributed by atoms with Crippen molar-refractivity contribution in [3.05, 3.63) is 64.5 Å². The van der Waals surface area contributed by atoms with Crippen molar-refractivity contribution in [1.82, 2.24) is 10.2 Å². The fourth-order valence-electron chi connectivity index (χ4n) is 3.99. The number of carbonyl (C=O) groups excluding carboxylic acids is 1. The van der Waals surface area contributed by atoms with Crippen LogP contribution in [0.3, 0.4) is 0 Å². The van der Waals surface area contributed by atoms with Crippen molar-refractivity contribution in [1.29, 1.82) is 0 Å². The third-order valence-electron chi connectivity index (χ3n) is 5.15. The zero-order valence-corrected chi connectivity index (χ0v) is 16.3. The van der Waals surface area contributed by atoms with Gasteiger partial charge in [0.25, 0.3) is 5.91 Å². The maximum Gasteiger partial charge on any atom is 0.673 e. The highest BCUT2D eigenvalue weighted by Crippen LogP contribution is 2.41. The minimum Gasteiger partial charge on any atom is -0.353 e. The van der Waals surface area contributed by atoms with Crippen molar-refractivity contribution in [2.45, 2.75) is 33.7 Å². The molecule has 146 valence electrons. The molecule has 0 aromatic heterocycles. The number of carbonyl (C=O) groups is 1. The van der Waals surface area contributed by atoms with Gasteiger partial charge in [-0.05, 0) is 61.7 Å². The highest BCUT2D eigenvalue weighted by molar-refractivity contribution is 6.40. The summed E-state index contributed by atoms with van der Waals surface area (Å²) in [7, 11) is -2.63. The Balaban J connectivity index is 2.17. The van der Waals surface area contributed by atoms with Crippen LogP contribution in [0.5, 0.6) is 0 Å². The third kappa shape index (κ3) is 3.52. The number of halogens is 2. The molecule has 0 spiro atoms. The summed E-state index contributed by atoms with van der Waals surface area (Å²) in [5, 5.41) is 0. The number of nitrogens with zero attached hydrogens (tertiary/aromatic N) is 2. The maximum atomic E-state index is 13.9. The Morgan fingerprint density at radius 2 is 1.79 bits per heavy atom. The fraction of sp³-hybridized carbons (Fsp3) is 0.300. The van der Waals surface area contributed by atoms with Gasteiger partial charge in [-0.2, -0.15) is 0 Å². The normalized spacial score (nSPS) is 23.2. The van der Waals surface area contributed by atoms with E-state index in [1.165, 1.54) is 0 Å². The molecule has 8 heteroatoms. The Hall–Kier alpha value is -2.74. The van der Waals surface area contributed by atoms with Crippen molar-refractivity contribution >= 4 is 24.6 Å². The standard InChI is InChI=1S/C20H23BF2N4O/c1-11-9-13(3)25-18(11)17(15-5-7-16(8-6-15)20(28)26-24)19-12(2)10-14(4)27(19)21(22)23/h5-10,12,19H,24H2,1-4H3,(H,26,28)/b18-17-. The highest BCUT2D eigenvalue weighted by atomic mass is 19.2. The van der Waals surface area contributed by atoms with Crippen LogP contribution in [-0.4, -0.2) is 29.9 Å². The molecule has 2 heterocycles. The Bertz CT molecular complexity index is 919. The number of hydrogen-bond acceptors (Lipinski definition) is 4. The summed E-state index contributed by atoms with van der Waals surface area (Å²) < 4.78 is 27.8. The van der Waals surface area contributed by atoms with E-state index in [4.69, 9.17) is 5.84 Å². The molecule has 1 aromatic rings. The molecule has 2 unspecified atom stereocenters. The first-order chi connectivity index (χ1) is 13.2. The zero-order chi connectivity index (χ0) is 20.6. The van der Waals surface area contributed by atoms with Crippen LogP contribution < -0.4 is 11.3 Å². The van der Waals surface area contributed by atoms with E-state index in [1.54, 1.807) is 31.2 Å². The van der Waals surface area contributed by atoms with Crippen LogP contribution in [0.4, 0.5) is 8.63 Å². The smallest absolute Gasteiger partial charge is 0.353 e. The average Bonchev–Trinajstić information content (AvgIpc) is 3.13. The number of nitrogens with two attached hydrogens (primary N) is 1. The molecule has 0 aliphatic carbocycles. The lowest BCUT2D eigenvalue weighted by Gasteiger charge is -2.32. The van der Waals surface area contributed by atoms with Crippen LogP contribution >= 0.6 is 0 Å². The molecule has 5 nitrogen and oxygen atoms in total. The van der Waals surface area contributed by atoms with Gasteiger partial charge >= 0.3 is 7.40 Å². The van der Waals surface area contributed by atoms with Gasteiger partial charge in [-0.3, -0.25) is 23.8 Å². The van der Waals surface area contributed by atoms with Crippen LogP contribution in [0.25, 0.3) is 5.57 Å². The van der Waals surface area contributed by atoms with Crippen molar-refractivity contribution in [3.63, 3.8) is 0 Å². The topological polar surface area (TPSA) is 70.7 Å². The summed E-state index contributed by atoms with van der Waals surface area (Å²) in [6.45, 7) is 7.44. The van der Waals surface area contributed by atoms with Crippen LogP contribution in [0.15, 0.2) is 58.4 Å². The van der Waals surface area contributed by atoms with E-state index in [0.29, 0.717) is 17.0 Å². The molecule has 1 amide bonds. The number of benzene rings is 1. The van der Waals surface area contributed by atoms with E-state index in [0.717, 1.165) is 27.2 Å². The third-order valence-corrected chi connectivity index (χ3v) is 5.15. The number of amides is 1. The summed E-state index contributed by atoms with van der Waals surface area (Å²) in [4.78, 5) is 17.5.